The van der Waals surface area contributed by atoms with E-state index in [0.29, 0.717) is 0 Å². The molecule has 0 aliphatic carbocycles. The van der Waals surface area contributed by atoms with Gasteiger partial charge in [-0.3, -0.25) is 0 Å². The first-order valence-electron chi connectivity index (χ1n) is 4.84. The summed E-state index contributed by atoms with van der Waals surface area (Å²) in [5.74, 6) is 0. The Balaban J connectivity index is 2.05. The Morgan fingerprint density at radius 1 is 1.36 bits per heavy atom. The molecule has 4 nitrogen and oxygen atoms in total. The second-order valence-corrected chi connectivity index (χ2v) is 3.49. The second kappa shape index (κ2) is 3.06. The van der Waals surface area contributed by atoms with Crippen LogP contribution in [0.3, 0.4) is 0 Å². The van der Waals surface area contributed by atoms with Crippen molar-refractivity contribution in [1.82, 2.24) is 5.01 Å². The van der Waals surface area contributed by atoms with Gasteiger partial charge in [0.05, 0.1) is 12.3 Å². The molecule has 0 saturated carbocycles. The van der Waals surface area contributed by atoms with E-state index < -0.39 is 0 Å². The number of nitrogens with zero attached hydrogens (tertiary/aromatic N) is 3. The van der Waals surface area contributed by atoms with Crippen molar-refractivity contribution in [2.24, 2.45) is 10.3 Å². The molecule has 1 fully saturated rings. The van der Waals surface area contributed by atoms with Gasteiger partial charge in [-0.2, -0.15) is 0 Å². The van der Waals surface area contributed by atoms with Gasteiger partial charge in [0.25, 0.3) is 0 Å². The maximum absolute atomic E-state index is 5.68. The summed E-state index contributed by atoms with van der Waals surface area (Å²) in [4.78, 5) is 0. The SMILES string of the molecule is c1ccc2c(c1)N=NN1CCCOC21. The number of rotatable bonds is 0. The van der Waals surface area contributed by atoms with Crippen LogP contribution in [0, 0.1) is 0 Å². The van der Waals surface area contributed by atoms with Gasteiger partial charge in [-0.15, -0.1) is 5.11 Å². The molecule has 72 valence electrons. The maximum atomic E-state index is 5.68. The van der Waals surface area contributed by atoms with E-state index in [9.17, 15) is 0 Å². The highest BCUT2D eigenvalue weighted by Crippen LogP contribution is 2.36. The van der Waals surface area contributed by atoms with E-state index in [0.717, 1.165) is 30.8 Å². The Morgan fingerprint density at radius 3 is 3.29 bits per heavy atom. The van der Waals surface area contributed by atoms with Crippen molar-refractivity contribution in [2.45, 2.75) is 12.6 Å². The first kappa shape index (κ1) is 7.94. The van der Waals surface area contributed by atoms with Crippen LogP contribution in [0.5, 0.6) is 0 Å². The third-order valence-electron chi connectivity index (χ3n) is 2.55. The third-order valence-corrected chi connectivity index (χ3v) is 2.55. The highest BCUT2D eigenvalue weighted by atomic mass is 16.5. The van der Waals surface area contributed by atoms with Crippen molar-refractivity contribution in [1.29, 1.82) is 0 Å². The average molecular weight is 189 g/mol. The monoisotopic (exact) mass is 189 g/mol. The lowest BCUT2D eigenvalue weighted by Crippen LogP contribution is -2.33. The van der Waals surface area contributed by atoms with Gasteiger partial charge in [0, 0.05) is 12.1 Å². The van der Waals surface area contributed by atoms with Crippen molar-refractivity contribution >= 4 is 5.69 Å². The molecule has 0 aromatic heterocycles. The van der Waals surface area contributed by atoms with Crippen LogP contribution < -0.4 is 0 Å². The van der Waals surface area contributed by atoms with E-state index in [1.165, 1.54) is 0 Å². The third kappa shape index (κ3) is 1.11. The van der Waals surface area contributed by atoms with Crippen LogP contribution in [0.1, 0.15) is 18.2 Å². The summed E-state index contributed by atoms with van der Waals surface area (Å²) in [7, 11) is 0. The van der Waals surface area contributed by atoms with E-state index in [2.05, 4.69) is 16.4 Å². The van der Waals surface area contributed by atoms with Crippen LogP contribution in [-0.2, 0) is 4.74 Å². The number of benzene rings is 1. The number of hydrogen-bond acceptors (Lipinski definition) is 4. The van der Waals surface area contributed by atoms with Gasteiger partial charge in [0.15, 0.2) is 6.23 Å². The van der Waals surface area contributed by atoms with E-state index >= 15 is 0 Å². The van der Waals surface area contributed by atoms with E-state index in [4.69, 9.17) is 4.74 Å². The van der Waals surface area contributed by atoms with Crippen LogP contribution in [0.15, 0.2) is 34.6 Å². The van der Waals surface area contributed by atoms with Gasteiger partial charge in [0.2, 0.25) is 0 Å². The normalized spacial score (nSPS) is 24.3. The van der Waals surface area contributed by atoms with Gasteiger partial charge >= 0.3 is 0 Å². The zero-order valence-electron chi connectivity index (χ0n) is 7.76. The molecule has 0 amide bonds. The van der Waals surface area contributed by atoms with Crippen LogP contribution >= 0.6 is 0 Å². The first-order valence-corrected chi connectivity index (χ1v) is 4.84. The molecule has 1 aromatic carbocycles. The summed E-state index contributed by atoms with van der Waals surface area (Å²) in [6, 6.07) is 8.00. The first-order chi connectivity index (χ1) is 6.95. The summed E-state index contributed by atoms with van der Waals surface area (Å²) in [6.07, 6.45) is 1.01. The molecule has 2 aliphatic heterocycles. The Bertz CT molecular complexity index is 377. The lowest BCUT2D eigenvalue weighted by atomic mass is 10.1. The minimum absolute atomic E-state index is 0.0163. The zero-order valence-corrected chi connectivity index (χ0v) is 7.76. The standard InChI is InChI=1S/C10H11N3O/c1-2-5-9-8(4-1)10-13(12-11-9)6-3-7-14-10/h1-2,4-5,10H,3,6-7H2. The smallest absolute Gasteiger partial charge is 0.175 e. The Hall–Kier alpha value is -1.42. The molecule has 2 heterocycles. The van der Waals surface area contributed by atoms with Crippen LogP contribution in [0.4, 0.5) is 5.69 Å². The predicted octanol–water partition coefficient (Wildman–Crippen LogP) is 2.42. The molecular weight excluding hydrogens is 178 g/mol. The minimum Gasteiger partial charge on any atom is -0.352 e. The molecule has 4 heteroatoms. The molecule has 1 saturated heterocycles. The van der Waals surface area contributed by atoms with Crippen LogP contribution in [-0.4, -0.2) is 18.2 Å². The molecule has 1 unspecified atom stereocenters. The number of fused-ring (bicyclic) bond motifs is 3. The van der Waals surface area contributed by atoms with E-state index in [-0.39, 0.29) is 6.23 Å². The van der Waals surface area contributed by atoms with Gasteiger partial charge < -0.3 is 4.74 Å². The Morgan fingerprint density at radius 2 is 2.29 bits per heavy atom. The summed E-state index contributed by atoms with van der Waals surface area (Å²) in [5.41, 5.74) is 2.05. The summed E-state index contributed by atoms with van der Waals surface area (Å²) in [5, 5.41) is 10.2. The topological polar surface area (TPSA) is 37.2 Å². The molecule has 3 rings (SSSR count). The van der Waals surface area contributed by atoms with Crippen molar-refractivity contribution in [3.05, 3.63) is 29.8 Å². The molecule has 1 atom stereocenters. The van der Waals surface area contributed by atoms with E-state index in [1.807, 2.05) is 23.2 Å². The quantitative estimate of drug-likeness (QED) is 0.628. The zero-order chi connectivity index (χ0) is 9.38. The molecule has 1 aromatic rings. The molecular formula is C10H11N3O. The molecule has 2 aliphatic rings. The predicted molar refractivity (Wildman–Crippen MR) is 51.0 cm³/mol. The summed E-state index contributed by atoms with van der Waals surface area (Å²) in [6.45, 7) is 1.74. The largest absolute Gasteiger partial charge is 0.352 e. The van der Waals surface area contributed by atoms with Crippen molar-refractivity contribution < 1.29 is 4.74 Å². The molecule has 0 spiro atoms. The highest BCUT2D eigenvalue weighted by molar-refractivity contribution is 5.47. The fourth-order valence-corrected chi connectivity index (χ4v) is 1.86. The summed E-state index contributed by atoms with van der Waals surface area (Å²) >= 11 is 0. The molecule has 0 N–H and O–H groups in total. The lowest BCUT2D eigenvalue weighted by Gasteiger charge is -2.35. The Labute approximate surface area is 82.2 Å². The maximum Gasteiger partial charge on any atom is 0.175 e. The van der Waals surface area contributed by atoms with Crippen LogP contribution in [0.25, 0.3) is 0 Å². The second-order valence-electron chi connectivity index (χ2n) is 3.49. The Kier molecular flexibility index (Phi) is 1.73. The van der Waals surface area contributed by atoms with Crippen molar-refractivity contribution in [3.8, 4) is 0 Å². The summed E-state index contributed by atoms with van der Waals surface area (Å²) < 4.78 is 5.68. The molecule has 0 bridgehead atoms. The fraction of sp³-hybridized carbons (Fsp3) is 0.400. The number of hydrogen-bond donors (Lipinski definition) is 0. The minimum atomic E-state index is -0.0163. The van der Waals surface area contributed by atoms with Gasteiger partial charge in [-0.05, 0) is 12.5 Å². The van der Waals surface area contributed by atoms with Crippen molar-refractivity contribution in [3.63, 3.8) is 0 Å². The molecule has 0 radical (unpaired) electrons. The van der Waals surface area contributed by atoms with Gasteiger partial charge in [-0.1, -0.05) is 23.4 Å². The van der Waals surface area contributed by atoms with E-state index in [1.54, 1.807) is 0 Å². The van der Waals surface area contributed by atoms with Crippen LogP contribution in [0.2, 0.25) is 0 Å². The average Bonchev–Trinajstić information content (AvgIpc) is 2.29. The fourth-order valence-electron chi connectivity index (χ4n) is 1.86. The number of ether oxygens (including phenoxy) is 1. The van der Waals surface area contributed by atoms with Gasteiger partial charge in [0.1, 0.15) is 0 Å². The highest BCUT2D eigenvalue weighted by Gasteiger charge is 2.28. The molecule has 14 heavy (non-hydrogen) atoms. The van der Waals surface area contributed by atoms with Gasteiger partial charge in [-0.25, -0.2) is 5.01 Å². The van der Waals surface area contributed by atoms with Crippen molar-refractivity contribution in [2.75, 3.05) is 13.2 Å². The lowest BCUT2D eigenvalue weighted by molar-refractivity contribution is -0.104.